The van der Waals surface area contributed by atoms with Crippen LogP contribution in [0.3, 0.4) is 0 Å². The van der Waals surface area contributed by atoms with E-state index in [1.807, 2.05) is 0 Å². The van der Waals surface area contributed by atoms with Crippen molar-refractivity contribution in [3.05, 3.63) is 70.8 Å². The van der Waals surface area contributed by atoms with Crippen molar-refractivity contribution in [3.8, 4) is 5.75 Å². The van der Waals surface area contributed by atoms with Crippen molar-refractivity contribution in [2.45, 2.75) is 26.2 Å². The third-order valence-electron chi connectivity index (χ3n) is 3.72. The van der Waals surface area contributed by atoms with E-state index in [1.54, 1.807) is 12.1 Å². The molecule has 2 aromatic carbocycles. The number of carbonyl (C=O) groups is 2. The van der Waals surface area contributed by atoms with E-state index in [2.05, 4.69) is 0 Å². The summed E-state index contributed by atoms with van der Waals surface area (Å²) in [6, 6.07) is 9.88. The van der Waals surface area contributed by atoms with Gasteiger partial charge < -0.3 is 14.2 Å². The molecule has 0 N–H and O–H groups in total. The first-order chi connectivity index (χ1) is 12.7. The summed E-state index contributed by atoms with van der Waals surface area (Å²) in [7, 11) is 0. The van der Waals surface area contributed by atoms with Crippen LogP contribution in [0.5, 0.6) is 5.75 Å². The normalized spacial score (nSPS) is 15.8. The van der Waals surface area contributed by atoms with Crippen LogP contribution < -0.4 is 4.74 Å². The van der Waals surface area contributed by atoms with Gasteiger partial charge in [-0.3, -0.25) is 0 Å². The topological polar surface area (TPSA) is 61.8 Å². The molecule has 7 heteroatoms. The fraction of sp³-hybridized carbons (Fsp3) is 0.200. The molecule has 5 nitrogen and oxygen atoms in total. The van der Waals surface area contributed by atoms with E-state index in [1.165, 1.54) is 44.2 Å². The highest BCUT2D eigenvalue weighted by atomic mass is 19.1. The Morgan fingerprint density at radius 2 is 1.67 bits per heavy atom. The van der Waals surface area contributed by atoms with Gasteiger partial charge in [0.2, 0.25) is 0 Å². The number of halogens is 2. The molecule has 1 saturated heterocycles. The van der Waals surface area contributed by atoms with Gasteiger partial charge in [-0.1, -0.05) is 24.3 Å². The minimum absolute atomic E-state index is 0.0877. The van der Waals surface area contributed by atoms with Crippen molar-refractivity contribution in [3.63, 3.8) is 0 Å². The lowest BCUT2D eigenvalue weighted by Crippen LogP contribution is -2.41. The molecule has 0 atom stereocenters. The molecule has 0 spiro atoms. The summed E-state index contributed by atoms with van der Waals surface area (Å²) in [6.45, 7) is 2.72. The van der Waals surface area contributed by atoms with Crippen molar-refractivity contribution >= 4 is 18.0 Å². The molecule has 140 valence electrons. The predicted molar refractivity (Wildman–Crippen MR) is 91.4 cm³/mol. The Kier molecular flexibility index (Phi) is 4.94. The smallest absolute Gasteiger partial charge is 0.348 e. The third kappa shape index (κ3) is 4.31. The van der Waals surface area contributed by atoms with Gasteiger partial charge in [0.05, 0.1) is 0 Å². The Balaban J connectivity index is 1.76. The van der Waals surface area contributed by atoms with Crippen molar-refractivity contribution in [1.82, 2.24) is 0 Å². The number of ether oxygens (including phenoxy) is 3. The SMILES string of the molecule is CC1(C)OC(=O)C(=Cc2ccc(OCc3ccccc3F)c(F)c2)C(=O)O1. The van der Waals surface area contributed by atoms with Crippen LogP contribution in [0.15, 0.2) is 48.0 Å². The average Bonchev–Trinajstić information content (AvgIpc) is 2.58. The summed E-state index contributed by atoms with van der Waals surface area (Å²) in [6.07, 6.45) is 1.17. The van der Waals surface area contributed by atoms with Gasteiger partial charge in [-0.15, -0.1) is 0 Å². The van der Waals surface area contributed by atoms with Gasteiger partial charge in [-0.05, 0) is 29.8 Å². The zero-order valence-electron chi connectivity index (χ0n) is 14.6. The zero-order chi connectivity index (χ0) is 19.6. The first-order valence-electron chi connectivity index (χ1n) is 8.09. The minimum atomic E-state index is -1.35. The van der Waals surface area contributed by atoms with Gasteiger partial charge in [0.15, 0.2) is 11.6 Å². The second-order valence-corrected chi connectivity index (χ2v) is 6.31. The molecule has 2 aromatic rings. The van der Waals surface area contributed by atoms with Gasteiger partial charge in [0, 0.05) is 19.4 Å². The molecule has 0 aromatic heterocycles. The molecule has 3 rings (SSSR count). The predicted octanol–water partition coefficient (Wildman–Crippen LogP) is 3.76. The molecule has 0 saturated carbocycles. The molecule has 0 amide bonds. The van der Waals surface area contributed by atoms with E-state index in [0.717, 1.165) is 6.07 Å². The average molecular weight is 374 g/mol. The summed E-state index contributed by atoms with van der Waals surface area (Å²) in [5, 5.41) is 0. The van der Waals surface area contributed by atoms with Crippen molar-refractivity contribution < 1.29 is 32.6 Å². The monoisotopic (exact) mass is 374 g/mol. The number of hydrogen-bond donors (Lipinski definition) is 0. The van der Waals surface area contributed by atoms with Crippen LogP contribution in [0.4, 0.5) is 8.78 Å². The summed E-state index contributed by atoms with van der Waals surface area (Å²) >= 11 is 0. The third-order valence-corrected chi connectivity index (χ3v) is 3.72. The molecular formula is C20H16F2O5. The fourth-order valence-electron chi connectivity index (χ4n) is 2.44. The van der Waals surface area contributed by atoms with E-state index in [-0.39, 0.29) is 23.5 Å². The van der Waals surface area contributed by atoms with Crippen LogP contribution in [0.1, 0.15) is 25.0 Å². The highest BCUT2D eigenvalue weighted by molar-refractivity contribution is 6.18. The number of carbonyl (C=O) groups excluding carboxylic acids is 2. The molecule has 1 fully saturated rings. The van der Waals surface area contributed by atoms with Crippen LogP contribution in [-0.2, 0) is 25.7 Å². The molecule has 0 unspecified atom stereocenters. The lowest BCUT2D eigenvalue weighted by atomic mass is 10.1. The molecule has 0 aliphatic carbocycles. The Morgan fingerprint density at radius 1 is 1.00 bits per heavy atom. The first-order valence-corrected chi connectivity index (χ1v) is 8.09. The van der Waals surface area contributed by atoms with Crippen LogP contribution in [0.2, 0.25) is 0 Å². The summed E-state index contributed by atoms with van der Waals surface area (Å²) in [4.78, 5) is 23.8. The second kappa shape index (κ2) is 7.19. The summed E-state index contributed by atoms with van der Waals surface area (Å²) in [5.74, 6) is -4.31. The molecule has 0 radical (unpaired) electrons. The van der Waals surface area contributed by atoms with Gasteiger partial charge >= 0.3 is 11.9 Å². The number of hydrogen-bond acceptors (Lipinski definition) is 5. The molecule has 1 heterocycles. The van der Waals surface area contributed by atoms with Crippen molar-refractivity contribution in [1.29, 1.82) is 0 Å². The second-order valence-electron chi connectivity index (χ2n) is 6.31. The van der Waals surface area contributed by atoms with E-state index in [4.69, 9.17) is 14.2 Å². The minimum Gasteiger partial charge on any atom is -0.486 e. The number of esters is 2. The van der Waals surface area contributed by atoms with E-state index < -0.39 is 29.4 Å². The van der Waals surface area contributed by atoms with Crippen LogP contribution >= 0.6 is 0 Å². The Hall–Kier alpha value is -3.22. The largest absolute Gasteiger partial charge is 0.486 e. The molecular weight excluding hydrogens is 358 g/mol. The van der Waals surface area contributed by atoms with Crippen LogP contribution in [0, 0.1) is 11.6 Å². The first kappa shape index (κ1) is 18.6. The quantitative estimate of drug-likeness (QED) is 0.463. The molecule has 1 aliphatic heterocycles. The van der Waals surface area contributed by atoms with Crippen LogP contribution in [-0.4, -0.2) is 17.7 Å². The van der Waals surface area contributed by atoms with Gasteiger partial charge in [-0.2, -0.15) is 0 Å². The standard InChI is InChI=1S/C20H16F2O5/c1-20(2)26-18(23)14(19(24)27-20)9-12-7-8-17(16(22)10-12)25-11-13-5-3-4-6-15(13)21/h3-10H,11H2,1-2H3. The maximum Gasteiger partial charge on any atom is 0.348 e. The summed E-state index contributed by atoms with van der Waals surface area (Å²) in [5.41, 5.74) is 0.196. The highest BCUT2D eigenvalue weighted by Gasteiger charge is 2.38. The fourth-order valence-corrected chi connectivity index (χ4v) is 2.44. The van der Waals surface area contributed by atoms with Crippen molar-refractivity contribution in [2.24, 2.45) is 0 Å². The molecule has 27 heavy (non-hydrogen) atoms. The zero-order valence-corrected chi connectivity index (χ0v) is 14.6. The van der Waals surface area contributed by atoms with Gasteiger partial charge in [0.1, 0.15) is 18.0 Å². The van der Waals surface area contributed by atoms with E-state index in [9.17, 15) is 18.4 Å². The van der Waals surface area contributed by atoms with Crippen molar-refractivity contribution in [2.75, 3.05) is 0 Å². The van der Waals surface area contributed by atoms with Gasteiger partial charge in [-0.25, -0.2) is 18.4 Å². The Labute approximate surface area is 154 Å². The lowest BCUT2D eigenvalue weighted by molar-refractivity contribution is -0.222. The number of benzene rings is 2. The number of rotatable bonds is 4. The highest BCUT2D eigenvalue weighted by Crippen LogP contribution is 2.26. The maximum atomic E-state index is 14.2. The molecule has 1 aliphatic rings. The van der Waals surface area contributed by atoms with Crippen LogP contribution in [0.25, 0.3) is 6.08 Å². The molecule has 0 bridgehead atoms. The summed E-state index contributed by atoms with van der Waals surface area (Å²) < 4.78 is 43.1. The maximum absolute atomic E-state index is 14.2. The van der Waals surface area contributed by atoms with E-state index in [0.29, 0.717) is 5.56 Å². The van der Waals surface area contributed by atoms with E-state index >= 15 is 0 Å². The Morgan fingerprint density at radius 3 is 2.30 bits per heavy atom. The number of cyclic esters (lactones) is 2. The lowest BCUT2D eigenvalue weighted by Gasteiger charge is -2.29. The van der Waals surface area contributed by atoms with Gasteiger partial charge in [0.25, 0.3) is 5.79 Å². The Bertz CT molecular complexity index is 912.